The van der Waals surface area contributed by atoms with Crippen LogP contribution in [0, 0.1) is 0 Å². The Bertz CT molecular complexity index is 700. The number of hydrogen-bond acceptors (Lipinski definition) is 4. The summed E-state index contributed by atoms with van der Waals surface area (Å²) in [5, 5.41) is 2.93. The number of amides is 1. The SMILES string of the molecule is CCOc1ccc(NC(=O)CC2COc3ccccc3N2C)cc1. The van der Waals surface area contributed by atoms with Crippen LogP contribution in [-0.4, -0.2) is 32.2 Å². The van der Waals surface area contributed by atoms with Crippen molar-refractivity contribution >= 4 is 17.3 Å². The van der Waals surface area contributed by atoms with Crippen LogP contribution in [0.25, 0.3) is 0 Å². The van der Waals surface area contributed by atoms with Gasteiger partial charge in [0.05, 0.1) is 24.8 Å². The molecule has 0 bridgehead atoms. The number of likely N-dealkylation sites (N-methyl/N-ethyl adjacent to an activating group) is 1. The zero-order chi connectivity index (χ0) is 16.9. The Morgan fingerprint density at radius 2 is 2.00 bits per heavy atom. The van der Waals surface area contributed by atoms with Crippen LogP contribution in [-0.2, 0) is 4.79 Å². The molecule has 2 aromatic rings. The molecule has 126 valence electrons. The average Bonchev–Trinajstić information content (AvgIpc) is 2.60. The fraction of sp³-hybridized carbons (Fsp3) is 0.316. The van der Waals surface area contributed by atoms with E-state index in [1.54, 1.807) is 0 Å². The summed E-state index contributed by atoms with van der Waals surface area (Å²) in [5.41, 5.74) is 1.78. The molecule has 5 nitrogen and oxygen atoms in total. The van der Waals surface area contributed by atoms with Crippen LogP contribution in [0.5, 0.6) is 11.5 Å². The molecule has 0 fully saturated rings. The Morgan fingerprint density at radius 3 is 2.75 bits per heavy atom. The van der Waals surface area contributed by atoms with Crippen LogP contribution >= 0.6 is 0 Å². The van der Waals surface area contributed by atoms with E-state index in [0.29, 0.717) is 19.6 Å². The van der Waals surface area contributed by atoms with Gasteiger partial charge in [-0.1, -0.05) is 12.1 Å². The van der Waals surface area contributed by atoms with E-state index in [-0.39, 0.29) is 11.9 Å². The van der Waals surface area contributed by atoms with Gasteiger partial charge in [-0.25, -0.2) is 0 Å². The maximum absolute atomic E-state index is 12.3. The number of ether oxygens (including phenoxy) is 2. The molecule has 1 heterocycles. The van der Waals surface area contributed by atoms with E-state index in [2.05, 4.69) is 10.2 Å². The summed E-state index contributed by atoms with van der Waals surface area (Å²) in [5.74, 6) is 1.63. The number of para-hydroxylation sites is 2. The van der Waals surface area contributed by atoms with Crippen molar-refractivity contribution in [3.05, 3.63) is 48.5 Å². The van der Waals surface area contributed by atoms with Gasteiger partial charge in [-0.2, -0.15) is 0 Å². The Labute approximate surface area is 142 Å². The topological polar surface area (TPSA) is 50.8 Å². The Balaban J connectivity index is 1.59. The molecule has 1 unspecified atom stereocenters. The molecule has 0 spiro atoms. The summed E-state index contributed by atoms with van der Waals surface area (Å²) in [6.07, 6.45) is 0.373. The number of nitrogens with zero attached hydrogens (tertiary/aromatic N) is 1. The standard InChI is InChI=1S/C19H22N2O3/c1-3-23-16-10-8-14(9-11-16)20-19(22)12-15-13-24-18-7-5-4-6-17(18)21(15)2/h4-11,15H,3,12-13H2,1-2H3,(H,20,22). The highest BCUT2D eigenvalue weighted by Gasteiger charge is 2.26. The molecule has 1 N–H and O–H groups in total. The summed E-state index contributed by atoms with van der Waals surface area (Å²) >= 11 is 0. The third-order valence-corrected chi connectivity index (χ3v) is 4.09. The second kappa shape index (κ2) is 7.25. The van der Waals surface area contributed by atoms with Gasteiger partial charge in [0.25, 0.3) is 0 Å². The van der Waals surface area contributed by atoms with Crippen LogP contribution in [0.2, 0.25) is 0 Å². The van der Waals surface area contributed by atoms with Crippen LogP contribution in [0.15, 0.2) is 48.5 Å². The van der Waals surface area contributed by atoms with Crippen molar-refractivity contribution in [3.63, 3.8) is 0 Å². The van der Waals surface area contributed by atoms with Gasteiger partial charge < -0.3 is 19.7 Å². The lowest BCUT2D eigenvalue weighted by molar-refractivity contribution is -0.116. The largest absolute Gasteiger partial charge is 0.494 e. The fourth-order valence-electron chi connectivity index (χ4n) is 2.79. The van der Waals surface area contributed by atoms with Crippen LogP contribution in [0.1, 0.15) is 13.3 Å². The lowest BCUT2D eigenvalue weighted by atomic mass is 10.1. The van der Waals surface area contributed by atoms with Crippen molar-refractivity contribution in [2.45, 2.75) is 19.4 Å². The quantitative estimate of drug-likeness (QED) is 0.916. The summed E-state index contributed by atoms with van der Waals surface area (Å²) in [6, 6.07) is 15.3. The molecule has 3 rings (SSSR count). The van der Waals surface area contributed by atoms with Crippen molar-refractivity contribution in [2.24, 2.45) is 0 Å². The molecule has 0 aliphatic carbocycles. The highest BCUT2D eigenvalue weighted by molar-refractivity contribution is 5.91. The van der Waals surface area contributed by atoms with Crippen LogP contribution < -0.4 is 19.7 Å². The third-order valence-electron chi connectivity index (χ3n) is 4.09. The maximum Gasteiger partial charge on any atom is 0.226 e. The van der Waals surface area contributed by atoms with Gasteiger partial charge in [-0.15, -0.1) is 0 Å². The molecule has 0 saturated carbocycles. The van der Waals surface area contributed by atoms with Crippen molar-refractivity contribution < 1.29 is 14.3 Å². The minimum atomic E-state index is -0.0287. The van der Waals surface area contributed by atoms with E-state index in [4.69, 9.17) is 9.47 Å². The normalized spacial score (nSPS) is 16.1. The van der Waals surface area contributed by atoms with Gasteiger partial charge in [0.2, 0.25) is 5.91 Å². The van der Waals surface area contributed by atoms with Crippen molar-refractivity contribution in [1.82, 2.24) is 0 Å². The van der Waals surface area contributed by atoms with E-state index in [1.807, 2.05) is 62.5 Å². The molecule has 2 aromatic carbocycles. The third kappa shape index (κ3) is 3.62. The first-order chi connectivity index (χ1) is 11.7. The van der Waals surface area contributed by atoms with Crippen molar-refractivity contribution in [3.8, 4) is 11.5 Å². The molecule has 0 saturated heterocycles. The number of hydrogen-bond donors (Lipinski definition) is 1. The molecule has 1 aliphatic heterocycles. The number of rotatable bonds is 5. The minimum Gasteiger partial charge on any atom is -0.494 e. The fourth-order valence-corrected chi connectivity index (χ4v) is 2.79. The molecule has 24 heavy (non-hydrogen) atoms. The zero-order valence-corrected chi connectivity index (χ0v) is 14.0. The number of nitrogens with one attached hydrogen (secondary N) is 1. The summed E-state index contributed by atoms with van der Waals surface area (Å²) < 4.78 is 11.2. The second-order valence-corrected chi connectivity index (χ2v) is 5.75. The van der Waals surface area contributed by atoms with Crippen LogP contribution in [0.4, 0.5) is 11.4 Å². The molecular formula is C19H22N2O3. The van der Waals surface area contributed by atoms with E-state index in [1.165, 1.54) is 0 Å². The molecular weight excluding hydrogens is 304 g/mol. The van der Waals surface area contributed by atoms with Gasteiger partial charge in [0.1, 0.15) is 18.1 Å². The summed E-state index contributed by atoms with van der Waals surface area (Å²) in [4.78, 5) is 14.4. The first kappa shape index (κ1) is 16.2. The van der Waals surface area contributed by atoms with Gasteiger partial charge in [-0.05, 0) is 43.3 Å². The molecule has 1 aliphatic rings. The van der Waals surface area contributed by atoms with Gasteiger partial charge in [-0.3, -0.25) is 4.79 Å². The Morgan fingerprint density at radius 1 is 1.25 bits per heavy atom. The second-order valence-electron chi connectivity index (χ2n) is 5.75. The Kier molecular flexibility index (Phi) is 4.89. The predicted octanol–water partition coefficient (Wildman–Crippen LogP) is 3.31. The number of anilines is 2. The predicted molar refractivity (Wildman–Crippen MR) is 95.0 cm³/mol. The van der Waals surface area contributed by atoms with Crippen molar-refractivity contribution in [1.29, 1.82) is 0 Å². The molecule has 0 radical (unpaired) electrons. The molecule has 1 atom stereocenters. The van der Waals surface area contributed by atoms with Crippen molar-refractivity contribution in [2.75, 3.05) is 30.5 Å². The zero-order valence-electron chi connectivity index (χ0n) is 14.0. The lowest BCUT2D eigenvalue weighted by Gasteiger charge is -2.35. The minimum absolute atomic E-state index is 0.0163. The summed E-state index contributed by atoms with van der Waals surface area (Å²) in [7, 11) is 2.00. The number of carbonyl (C=O) groups is 1. The molecule has 0 aromatic heterocycles. The first-order valence-electron chi connectivity index (χ1n) is 8.14. The maximum atomic E-state index is 12.3. The van der Waals surface area contributed by atoms with E-state index in [9.17, 15) is 4.79 Å². The highest BCUT2D eigenvalue weighted by Crippen LogP contribution is 2.33. The number of fused-ring (bicyclic) bond motifs is 1. The number of benzene rings is 2. The van der Waals surface area contributed by atoms with Gasteiger partial charge in [0, 0.05) is 12.7 Å². The first-order valence-corrected chi connectivity index (χ1v) is 8.14. The van der Waals surface area contributed by atoms with E-state index < -0.39 is 0 Å². The van der Waals surface area contributed by atoms with Crippen LogP contribution in [0.3, 0.4) is 0 Å². The highest BCUT2D eigenvalue weighted by atomic mass is 16.5. The summed E-state index contributed by atoms with van der Waals surface area (Å²) in [6.45, 7) is 3.07. The van der Waals surface area contributed by atoms with E-state index >= 15 is 0 Å². The molecule has 5 heteroatoms. The van der Waals surface area contributed by atoms with Gasteiger partial charge >= 0.3 is 0 Å². The lowest BCUT2D eigenvalue weighted by Crippen LogP contribution is -2.42. The molecule has 1 amide bonds. The van der Waals surface area contributed by atoms with E-state index in [0.717, 1.165) is 22.9 Å². The Hall–Kier alpha value is -2.69. The monoisotopic (exact) mass is 326 g/mol. The van der Waals surface area contributed by atoms with Gasteiger partial charge in [0.15, 0.2) is 0 Å². The average molecular weight is 326 g/mol. The smallest absolute Gasteiger partial charge is 0.226 e. The number of carbonyl (C=O) groups excluding carboxylic acids is 1.